The van der Waals surface area contributed by atoms with E-state index >= 15 is 0 Å². The first-order valence-electron chi connectivity index (χ1n) is 20.7. The van der Waals surface area contributed by atoms with Gasteiger partial charge in [0.1, 0.15) is 0 Å². The summed E-state index contributed by atoms with van der Waals surface area (Å²) >= 11 is 0. The molecule has 0 aliphatic rings. The van der Waals surface area contributed by atoms with E-state index < -0.39 is 0 Å². The summed E-state index contributed by atoms with van der Waals surface area (Å²) < 4.78 is 0. The minimum Gasteiger partial charge on any atom is -0.233 e. The number of hydrogen-bond donors (Lipinski definition) is 0. The van der Waals surface area contributed by atoms with Crippen molar-refractivity contribution in [1.29, 1.82) is 0 Å². The zero-order valence-electron chi connectivity index (χ0n) is 34.1. The van der Waals surface area contributed by atoms with Crippen molar-refractivity contribution in [2.75, 3.05) is 0 Å². The molecule has 0 aromatic heterocycles. The summed E-state index contributed by atoms with van der Waals surface area (Å²) in [7, 11) is 0. The number of benzene rings is 9. The zero-order chi connectivity index (χ0) is 41.4. The minimum atomic E-state index is 0.627. The lowest BCUT2D eigenvalue weighted by Gasteiger charge is -2.19. The first-order chi connectivity index (χ1) is 30.1. The number of amidine groups is 1. The topological polar surface area (TPSA) is 24.7 Å². The van der Waals surface area contributed by atoms with Gasteiger partial charge in [-0.15, -0.1) is 0 Å². The quantitative estimate of drug-likeness (QED) is 0.0975. The molecule has 0 atom stereocenters. The summed E-state index contributed by atoms with van der Waals surface area (Å²) in [5.74, 6) is 0.627. The normalized spacial score (nSPS) is 11.6. The predicted molar refractivity (Wildman–Crippen MR) is 260 cm³/mol. The highest BCUT2D eigenvalue weighted by Gasteiger charge is 2.18. The van der Waals surface area contributed by atoms with E-state index in [9.17, 15) is 0 Å². The Balaban J connectivity index is 1.06. The van der Waals surface area contributed by atoms with Crippen molar-refractivity contribution in [2.24, 2.45) is 9.98 Å². The lowest BCUT2D eigenvalue weighted by atomic mass is 9.84. The Bertz CT molecular complexity index is 2920. The maximum Gasteiger partial charge on any atom is 0.160 e. The molecule has 0 bridgehead atoms. The van der Waals surface area contributed by atoms with Gasteiger partial charge in [-0.1, -0.05) is 219 Å². The summed E-state index contributed by atoms with van der Waals surface area (Å²) in [4.78, 5) is 10.0. The Labute approximate surface area is 359 Å². The van der Waals surface area contributed by atoms with Gasteiger partial charge in [0.25, 0.3) is 0 Å². The molecule has 0 unspecified atom stereocenters. The van der Waals surface area contributed by atoms with E-state index in [1.165, 1.54) is 44.5 Å². The van der Waals surface area contributed by atoms with Crippen LogP contribution in [0, 0.1) is 0 Å². The maximum absolute atomic E-state index is 5.09. The number of hydrogen-bond acceptors (Lipinski definition) is 1. The third-order valence-electron chi connectivity index (χ3n) is 11.1. The Kier molecular flexibility index (Phi) is 11.3. The highest BCUT2D eigenvalue weighted by molar-refractivity contribution is 6.13. The molecular weight excluding hydrogens is 737 g/mol. The average molecular weight is 781 g/mol. The molecule has 0 aliphatic carbocycles. The van der Waals surface area contributed by atoms with E-state index in [1.54, 1.807) is 0 Å². The van der Waals surface area contributed by atoms with Crippen molar-refractivity contribution in [3.05, 3.63) is 260 Å². The van der Waals surface area contributed by atoms with Gasteiger partial charge in [0.2, 0.25) is 0 Å². The molecule has 0 saturated carbocycles. The maximum atomic E-state index is 5.09. The molecule has 2 heteroatoms. The molecule has 0 N–H and O–H groups in total. The van der Waals surface area contributed by atoms with Gasteiger partial charge in [-0.2, -0.15) is 0 Å². The predicted octanol–water partition coefficient (Wildman–Crippen LogP) is 15.6. The number of aliphatic imine (C=N–C) groups is 2. The van der Waals surface area contributed by atoms with E-state index in [4.69, 9.17) is 9.98 Å². The van der Waals surface area contributed by atoms with Crippen molar-refractivity contribution in [1.82, 2.24) is 0 Å². The third-order valence-corrected chi connectivity index (χ3v) is 11.1. The summed E-state index contributed by atoms with van der Waals surface area (Å²) in [6, 6.07) is 83.4. The van der Waals surface area contributed by atoms with Gasteiger partial charge in [0.05, 0.1) is 5.70 Å². The zero-order valence-corrected chi connectivity index (χ0v) is 34.1. The second-order valence-corrected chi connectivity index (χ2v) is 15.1. The van der Waals surface area contributed by atoms with Crippen LogP contribution in [0.3, 0.4) is 0 Å². The fourth-order valence-corrected chi connectivity index (χ4v) is 7.86. The fraction of sp³-hybridized carbons (Fsp3) is 0.0169. The summed E-state index contributed by atoms with van der Waals surface area (Å²) in [6.45, 7) is 6.31. The molecule has 9 rings (SSSR count). The van der Waals surface area contributed by atoms with Gasteiger partial charge in [-0.05, 0) is 109 Å². The third kappa shape index (κ3) is 8.76. The van der Waals surface area contributed by atoms with Crippen LogP contribution < -0.4 is 0 Å². The molecule has 61 heavy (non-hydrogen) atoms. The largest absolute Gasteiger partial charge is 0.233 e. The molecule has 0 fully saturated rings. The summed E-state index contributed by atoms with van der Waals surface area (Å²) in [6.07, 6.45) is 0. The Morgan fingerprint density at radius 3 is 1.26 bits per heavy atom. The second-order valence-electron chi connectivity index (χ2n) is 15.1. The van der Waals surface area contributed by atoms with Gasteiger partial charge >= 0.3 is 0 Å². The van der Waals surface area contributed by atoms with Gasteiger partial charge in [-0.25, -0.2) is 9.98 Å². The van der Waals surface area contributed by atoms with Gasteiger partial charge < -0.3 is 0 Å². The summed E-state index contributed by atoms with van der Waals surface area (Å²) in [5, 5.41) is 0. The van der Waals surface area contributed by atoms with E-state index in [1.807, 2.05) is 67.6 Å². The van der Waals surface area contributed by atoms with Crippen LogP contribution >= 0.6 is 0 Å². The molecule has 9 aromatic carbocycles. The first kappa shape index (κ1) is 38.6. The van der Waals surface area contributed by atoms with Gasteiger partial charge in [0, 0.05) is 11.3 Å². The van der Waals surface area contributed by atoms with Crippen LogP contribution in [0.5, 0.6) is 0 Å². The standard InChI is InChI=1S/C59H44N2/c1-42(44-20-8-3-9-21-44)60-59(50-28-16-7-17-29-50)61-43(2)51-30-18-32-53(38-51)54-33-19-31-52(39-54)46-34-36-49(37-35-46)58-56(47-24-12-5-13-25-47)40-55(45-22-10-4-11-23-45)41-57(58)48-26-14-6-15-27-48/h3-41H,1H2,2H3. The van der Waals surface area contributed by atoms with E-state index in [0.29, 0.717) is 11.5 Å². The molecule has 0 amide bonds. The molecule has 0 radical (unpaired) electrons. The second kappa shape index (κ2) is 17.9. The van der Waals surface area contributed by atoms with E-state index in [-0.39, 0.29) is 0 Å². The monoisotopic (exact) mass is 780 g/mol. The molecular formula is C59H44N2. The molecule has 290 valence electrons. The smallest absolute Gasteiger partial charge is 0.160 e. The highest BCUT2D eigenvalue weighted by Crippen LogP contribution is 2.44. The van der Waals surface area contributed by atoms with E-state index in [2.05, 4.69) is 183 Å². The van der Waals surface area contributed by atoms with E-state index in [0.717, 1.165) is 44.7 Å². The highest BCUT2D eigenvalue weighted by atomic mass is 14.9. The first-order valence-corrected chi connectivity index (χ1v) is 20.7. The number of nitrogens with zero attached hydrogens (tertiary/aromatic N) is 2. The van der Waals surface area contributed by atoms with Gasteiger partial charge in [-0.3, -0.25) is 0 Å². The van der Waals surface area contributed by atoms with Crippen molar-refractivity contribution in [3.8, 4) is 66.8 Å². The van der Waals surface area contributed by atoms with Crippen LogP contribution in [-0.2, 0) is 0 Å². The Hall–Kier alpha value is -7.94. The Morgan fingerprint density at radius 1 is 0.311 bits per heavy atom. The fourth-order valence-electron chi connectivity index (χ4n) is 7.86. The lowest BCUT2D eigenvalue weighted by Crippen LogP contribution is -2.04. The van der Waals surface area contributed by atoms with Crippen molar-refractivity contribution in [2.45, 2.75) is 6.92 Å². The van der Waals surface area contributed by atoms with Crippen LogP contribution in [0.15, 0.2) is 253 Å². The molecule has 0 heterocycles. The van der Waals surface area contributed by atoms with Crippen LogP contribution in [0.4, 0.5) is 0 Å². The van der Waals surface area contributed by atoms with Crippen LogP contribution in [0.2, 0.25) is 0 Å². The van der Waals surface area contributed by atoms with Crippen molar-refractivity contribution >= 4 is 17.2 Å². The Morgan fingerprint density at radius 2 is 0.705 bits per heavy atom. The van der Waals surface area contributed by atoms with Crippen molar-refractivity contribution < 1.29 is 0 Å². The van der Waals surface area contributed by atoms with Crippen LogP contribution in [0.1, 0.15) is 23.6 Å². The average Bonchev–Trinajstić information content (AvgIpc) is 3.35. The lowest BCUT2D eigenvalue weighted by molar-refractivity contribution is 1.44. The van der Waals surface area contributed by atoms with Gasteiger partial charge in [0.15, 0.2) is 5.84 Å². The summed E-state index contributed by atoms with van der Waals surface area (Å²) in [5.41, 5.74) is 18.6. The van der Waals surface area contributed by atoms with Crippen molar-refractivity contribution in [3.63, 3.8) is 0 Å². The molecule has 2 nitrogen and oxygen atoms in total. The molecule has 0 aliphatic heterocycles. The minimum absolute atomic E-state index is 0.627. The molecule has 0 saturated heterocycles. The molecule has 9 aromatic rings. The van der Waals surface area contributed by atoms with Crippen LogP contribution in [-0.4, -0.2) is 11.5 Å². The molecule has 0 spiro atoms. The number of rotatable bonds is 10. The SMILES string of the molecule is C=C(N=C(N=C(C)c1cccc(-c2cccc(-c3ccc(-c4c(-c5ccccc5)cc(-c5ccccc5)cc4-c4ccccc4)cc3)c2)c1)c1ccccc1)c1ccccc1. The van der Waals surface area contributed by atoms with Crippen LogP contribution in [0.25, 0.3) is 72.5 Å².